The molecule has 2 heterocycles. The van der Waals surface area contributed by atoms with Gasteiger partial charge in [-0.3, -0.25) is 9.59 Å². The normalized spacial score (nSPS) is 19.9. The van der Waals surface area contributed by atoms with Crippen LogP contribution in [0.1, 0.15) is 34.9 Å². The van der Waals surface area contributed by atoms with E-state index in [-0.39, 0.29) is 23.8 Å². The lowest BCUT2D eigenvalue weighted by atomic mass is 9.83. The van der Waals surface area contributed by atoms with Crippen molar-refractivity contribution in [1.29, 1.82) is 0 Å². The molecule has 1 saturated heterocycles. The third-order valence-electron chi connectivity index (χ3n) is 5.02. The van der Waals surface area contributed by atoms with Crippen molar-refractivity contribution in [3.63, 3.8) is 0 Å². The Labute approximate surface area is 164 Å². The van der Waals surface area contributed by atoms with Crippen molar-refractivity contribution in [3.05, 3.63) is 57.8 Å². The zero-order valence-electron chi connectivity index (χ0n) is 15.8. The molecule has 0 bridgehead atoms. The van der Waals surface area contributed by atoms with Crippen LogP contribution in [-0.4, -0.2) is 37.0 Å². The van der Waals surface area contributed by atoms with E-state index in [0.717, 1.165) is 16.0 Å². The van der Waals surface area contributed by atoms with Crippen molar-refractivity contribution in [2.75, 3.05) is 20.3 Å². The maximum absolute atomic E-state index is 13.0. The van der Waals surface area contributed by atoms with E-state index < -0.39 is 0 Å². The molecule has 1 N–H and O–H groups in total. The van der Waals surface area contributed by atoms with Crippen molar-refractivity contribution in [2.45, 2.75) is 32.4 Å². The van der Waals surface area contributed by atoms with Crippen LogP contribution in [-0.2, 0) is 20.9 Å². The highest BCUT2D eigenvalue weighted by molar-refractivity contribution is 7.09. The van der Waals surface area contributed by atoms with Crippen LogP contribution >= 0.6 is 11.3 Å². The van der Waals surface area contributed by atoms with Crippen LogP contribution in [0, 0.1) is 12.8 Å². The molecule has 1 fully saturated rings. The summed E-state index contributed by atoms with van der Waals surface area (Å²) in [6.07, 6.45) is 0.959. The summed E-state index contributed by atoms with van der Waals surface area (Å²) in [6, 6.07) is 11.8. The molecule has 0 radical (unpaired) electrons. The van der Waals surface area contributed by atoms with Gasteiger partial charge in [-0.15, -0.1) is 11.3 Å². The maximum atomic E-state index is 13.0. The number of ether oxygens (including phenoxy) is 1. The zero-order valence-corrected chi connectivity index (χ0v) is 16.6. The molecule has 144 valence electrons. The fourth-order valence-corrected chi connectivity index (χ4v) is 4.22. The zero-order chi connectivity index (χ0) is 19.2. The standard InChI is InChI=1S/C21H26N2O3S/c1-15-5-7-16(8-6-15)20-18(9-10-19(24)23(20)11-12-26-2)21(25)22-14-17-4-3-13-27-17/h3-8,13,18,20H,9-12,14H2,1-2H3,(H,22,25)/t18-,20-/m1/s1. The van der Waals surface area contributed by atoms with Gasteiger partial charge in [-0.2, -0.15) is 0 Å². The molecule has 1 aromatic carbocycles. The molecule has 2 aromatic rings. The molecule has 2 amide bonds. The molecular formula is C21H26N2O3S. The lowest BCUT2D eigenvalue weighted by molar-refractivity contribution is -0.144. The van der Waals surface area contributed by atoms with E-state index in [1.807, 2.05) is 53.6 Å². The molecule has 2 atom stereocenters. The van der Waals surface area contributed by atoms with Crippen LogP contribution in [0.15, 0.2) is 41.8 Å². The van der Waals surface area contributed by atoms with Gasteiger partial charge in [0.1, 0.15) is 0 Å². The van der Waals surface area contributed by atoms with Gasteiger partial charge in [-0.25, -0.2) is 0 Å². The highest BCUT2D eigenvalue weighted by Gasteiger charge is 2.40. The number of rotatable bonds is 7. The molecule has 0 saturated carbocycles. The molecule has 0 unspecified atom stereocenters. The van der Waals surface area contributed by atoms with Crippen molar-refractivity contribution in [1.82, 2.24) is 10.2 Å². The van der Waals surface area contributed by atoms with Crippen LogP contribution in [0.2, 0.25) is 0 Å². The van der Waals surface area contributed by atoms with Gasteiger partial charge in [0.15, 0.2) is 0 Å². The number of aryl methyl sites for hydroxylation is 1. The van der Waals surface area contributed by atoms with E-state index in [4.69, 9.17) is 4.74 Å². The fourth-order valence-electron chi connectivity index (χ4n) is 3.58. The fraction of sp³-hybridized carbons (Fsp3) is 0.429. The number of thiophene rings is 1. The molecule has 0 aliphatic carbocycles. The predicted molar refractivity (Wildman–Crippen MR) is 106 cm³/mol. The second-order valence-electron chi connectivity index (χ2n) is 6.88. The molecule has 3 rings (SSSR count). The van der Waals surface area contributed by atoms with Gasteiger partial charge in [-0.05, 0) is 30.4 Å². The number of carbonyl (C=O) groups is 2. The smallest absolute Gasteiger partial charge is 0.225 e. The molecular weight excluding hydrogens is 360 g/mol. The Bertz CT molecular complexity index is 758. The molecule has 6 heteroatoms. The average Bonchev–Trinajstić information content (AvgIpc) is 3.19. The van der Waals surface area contributed by atoms with Gasteiger partial charge < -0.3 is 15.0 Å². The Morgan fingerprint density at radius 2 is 2.07 bits per heavy atom. The van der Waals surface area contributed by atoms with Gasteiger partial charge in [0.25, 0.3) is 0 Å². The van der Waals surface area contributed by atoms with Crippen LogP contribution in [0.5, 0.6) is 0 Å². The first-order valence-electron chi connectivity index (χ1n) is 9.25. The molecule has 27 heavy (non-hydrogen) atoms. The average molecular weight is 387 g/mol. The third kappa shape index (κ3) is 4.76. The SMILES string of the molecule is COCCN1C(=O)CC[C@@H](C(=O)NCc2cccs2)[C@H]1c1ccc(C)cc1. The van der Waals surface area contributed by atoms with E-state index in [1.54, 1.807) is 18.4 Å². The number of likely N-dealkylation sites (tertiary alicyclic amines) is 1. The number of nitrogens with one attached hydrogen (secondary N) is 1. The molecule has 0 spiro atoms. The predicted octanol–water partition coefficient (Wildman–Crippen LogP) is 3.30. The quantitative estimate of drug-likeness (QED) is 0.794. The lowest BCUT2D eigenvalue weighted by Crippen LogP contribution is -2.48. The molecule has 1 aliphatic rings. The van der Waals surface area contributed by atoms with Crippen molar-refractivity contribution in [3.8, 4) is 0 Å². The first-order valence-corrected chi connectivity index (χ1v) is 10.1. The van der Waals surface area contributed by atoms with E-state index in [0.29, 0.717) is 32.5 Å². The van der Waals surface area contributed by atoms with E-state index in [1.165, 1.54) is 0 Å². The molecule has 5 nitrogen and oxygen atoms in total. The molecule has 1 aliphatic heterocycles. The van der Waals surface area contributed by atoms with Crippen LogP contribution in [0.4, 0.5) is 0 Å². The second kappa shape index (κ2) is 9.15. The van der Waals surface area contributed by atoms with E-state index >= 15 is 0 Å². The van der Waals surface area contributed by atoms with Gasteiger partial charge in [0, 0.05) is 25.0 Å². The highest BCUT2D eigenvalue weighted by Crippen LogP contribution is 2.37. The number of hydrogen-bond donors (Lipinski definition) is 1. The van der Waals surface area contributed by atoms with Gasteiger partial charge in [0.2, 0.25) is 11.8 Å². The minimum absolute atomic E-state index is 0.00360. The van der Waals surface area contributed by atoms with Crippen LogP contribution in [0.25, 0.3) is 0 Å². The number of hydrogen-bond acceptors (Lipinski definition) is 4. The number of benzene rings is 1. The summed E-state index contributed by atoms with van der Waals surface area (Å²) in [5.41, 5.74) is 2.16. The minimum atomic E-state index is -0.262. The number of carbonyl (C=O) groups excluding carboxylic acids is 2. The second-order valence-corrected chi connectivity index (χ2v) is 7.91. The third-order valence-corrected chi connectivity index (χ3v) is 5.89. The first-order chi connectivity index (χ1) is 13.1. The van der Waals surface area contributed by atoms with Crippen molar-refractivity contribution in [2.24, 2.45) is 5.92 Å². The largest absolute Gasteiger partial charge is 0.383 e. The summed E-state index contributed by atoms with van der Waals surface area (Å²) in [5, 5.41) is 5.06. The van der Waals surface area contributed by atoms with Gasteiger partial charge in [0.05, 0.1) is 25.1 Å². The number of amides is 2. The summed E-state index contributed by atoms with van der Waals surface area (Å²) < 4.78 is 5.20. The van der Waals surface area contributed by atoms with Crippen LogP contribution in [0.3, 0.4) is 0 Å². The van der Waals surface area contributed by atoms with Crippen LogP contribution < -0.4 is 5.32 Å². The Morgan fingerprint density at radius 1 is 1.30 bits per heavy atom. The number of nitrogens with zero attached hydrogens (tertiary/aromatic N) is 1. The number of piperidine rings is 1. The van der Waals surface area contributed by atoms with Gasteiger partial charge >= 0.3 is 0 Å². The summed E-state index contributed by atoms with van der Waals surface area (Å²) in [5.74, 6) is -0.175. The Kier molecular flexibility index (Phi) is 6.63. The first kappa shape index (κ1) is 19.6. The summed E-state index contributed by atoms with van der Waals surface area (Å²) in [7, 11) is 1.63. The summed E-state index contributed by atoms with van der Waals surface area (Å²) in [4.78, 5) is 28.5. The lowest BCUT2D eigenvalue weighted by Gasteiger charge is -2.40. The minimum Gasteiger partial charge on any atom is -0.383 e. The molecule has 1 aromatic heterocycles. The Morgan fingerprint density at radius 3 is 2.74 bits per heavy atom. The van der Waals surface area contributed by atoms with E-state index in [2.05, 4.69) is 5.32 Å². The summed E-state index contributed by atoms with van der Waals surface area (Å²) >= 11 is 1.63. The topological polar surface area (TPSA) is 58.6 Å². The van der Waals surface area contributed by atoms with E-state index in [9.17, 15) is 9.59 Å². The Hall–Kier alpha value is -2.18. The monoisotopic (exact) mass is 386 g/mol. The highest BCUT2D eigenvalue weighted by atomic mass is 32.1. The van der Waals surface area contributed by atoms with Crippen molar-refractivity contribution >= 4 is 23.2 Å². The van der Waals surface area contributed by atoms with Gasteiger partial charge in [-0.1, -0.05) is 35.9 Å². The van der Waals surface area contributed by atoms with Crippen molar-refractivity contribution < 1.29 is 14.3 Å². The summed E-state index contributed by atoms with van der Waals surface area (Å²) in [6.45, 7) is 3.50. The Balaban J connectivity index is 1.83. The number of methoxy groups -OCH3 is 1. The maximum Gasteiger partial charge on any atom is 0.225 e.